The Hall–Kier alpha value is -10.5. The lowest BCUT2D eigenvalue weighted by atomic mass is 9.67. The van der Waals surface area contributed by atoms with Gasteiger partial charge in [-0.2, -0.15) is 0 Å². The van der Waals surface area contributed by atoms with E-state index < -0.39 is 5.41 Å². The Labute approximate surface area is 521 Å². The molecule has 0 saturated heterocycles. The Bertz CT molecular complexity index is 4540. The number of ether oxygens (including phenoxy) is 2. The van der Waals surface area contributed by atoms with Gasteiger partial charge in [0.25, 0.3) is 0 Å². The zero-order valence-corrected chi connectivity index (χ0v) is 49.6. The highest BCUT2D eigenvalue weighted by atomic mass is 32.2. The number of hydrogen-bond donors (Lipinski definition) is 1. The summed E-state index contributed by atoms with van der Waals surface area (Å²) in [6.07, 6.45) is 1.24. The molecular weight excluding hydrogens is 1120 g/mol. The van der Waals surface area contributed by atoms with Gasteiger partial charge in [-0.3, -0.25) is 14.4 Å². The molecule has 0 fully saturated rings. The van der Waals surface area contributed by atoms with Gasteiger partial charge in [0, 0.05) is 49.4 Å². The molecule has 0 aliphatic heterocycles. The van der Waals surface area contributed by atoms with E-state index in [1.165, 1.54) is 0 Å². The summed E-state index contributed by atoms with van der Waals surface area (Å²) in [6.45, 7) is 4.03. The molecular formula is C80H58O8S. The third kappa shape index (κ3) is 11.7. The summed E-state index contributed by atoms with van der Waals surface area (Å²) in [7, 11) is 0. The van der Waals surface area contributed by atoms with E-state index in [-0.39, 0.29) is 17.3 Å². The number of hydrogen-bond acceptors (Lipinski definition) is 9. The molecule has 13 rings (SSSR count). The first-order valence-electron chi connectivity index (χ1n) is 29.5. The lowest BCUT2D eigenvalue weighted by Crippen LogP contribution is -2.28. The van der Waals surface area contributed by atoms with Gasteiger partial charge < -0.3 is 9.47 Å². The summed E-state index contributed by atoms with van der Waals surface area (Å²) in [6, 6.07) is 93.8. The second kappa shape index (κ2) is 25.4. The molecule has 12 aromatic rings. The van der Waals surface area contributed by atoms with Gasteiger partial charge in [-0.05, 0) is 172 Å². The van der Waals surface area contributed by atoms with E-state index in [0.29, 0.717) is 74.1 Å². The van der Waals surface area contributed by atoms with E-state index in [4.69, 9.17) is 14.7 Å². The van der Waals surface area contributed by atoms with E-state index >= 15 is 0 Å². The predicted molar refractivity (Wildman–Crippen MR) is 351 cm³/mol. The van der Waals surface area contributed by atoms with E-state index in [1.54, 1.807) is 36.4 Å². The van der Waals surface area contributed by atoms with Crippen LogP contribution in [0.2, 0.25) is 0 Å². The zero-order chi connectivity index (χ0) is 60.8. The molecule has 0 bridgehead atoms. The topological polar surface area (TPSA) is 108 Å². The van der Waals surface area contributed by atoms with Crippen LogP contribution in [0.3, 0.4) is 0 Å². The Kier molecular flexibility index (Phi) is 16.4. The maximum Gasteiger partial charge on any atom is 0.193 e. The highest BCUT2D eigenvalue weighted by Crippen LogP contribution is 2.58. The average molecular weight is 1180 g/mol. The van der Waals surface area contributed by atoms with Gasteiger partial charge in [0.15, 0.2) is 17.3 Å². The van der Waals surface area contributed by atoms with Crippen LogP contribution in [-0.2, 0) is 27.6 Å². The molecule has 0 saturated carbocycles. The minimum absolute atomic E-state index is 0.0468. The molecule has 0 heterocycles. The van der Waals surface area contributed by atoms with E-state index in [9.17, 15) is 14.4 Å². The molecule has 0 radical (unpaired) electrons. The van der Waals surface area contributed by atoms with Crippen molar-refractivity contribution >= 4 is 29.4 Å². The minimum atomic E-state index is -0.803. The van der Waals surface area contributed by atoms with Gasteiger partial charge in [0.05, 0.1) is 17.5 Å². The van der Waals surface area contributed by atoms with Crippen molar-refractivity contribution in [1.29, 1.82) is 0 Å². The summed E-state index contributed by atoms with van der Waals surface area (Å²) in [5.74, 6) is 2.23. The summed E-state index contributed by atoms with van der Waals surface area (Å²) in [4.78, 5) is 42.0. The van der Waals surface area contributed by atoms with Gasteiger partial charge in [-0.1, -0.05) is 212 Å². The highest BCUT2D eigenvalue weighted by Gasteiger charge is 2.46. The van der Waals surface area contributed by atoms with Gasteiger partial charge >= 0.3 is 0 Å². The van der Waals surface area contributed by atoms with Crippen LogP contribution in [0.5, 0.6) is 23.0 Å². The summed E-state index contributed by atoms with van der Waals surface area (Å²) in [5.41, 5.74) is 17.1. The summed E-state index contributed by atoms with van der Waals surface area (Å²) >= 11 is 0.803. The van der Waals surface area contributed by atoms with Crippen molar-refractivity contribution in [2.75, 3.05) is 0 Å². The number of ketones is 3. The fourth-order valence-corrected chi connectivity index (χ4v) is 12.6. The third-order valence-corrected chi connectivity index (χ3v) is 17.2. The van der Waals surface area contributed by atoms with E-state index in [1.807, 2.05) is 153 Å². The van der Waals surface area contributed by atoms with E-state index in [0.717, 1.165) is 89.9 Å². The molecule has 8 nitrogen and oxygen atoms in total. The molecule has 0 unspecified atom stereocenters. The fourth-order valence-electron chi connectivity index (χ4n) is 12.2. The second-order valence-corrected chi connectivity index (χ2v) is 22.8. The first kappa shape index (κ1) is 57.5. The maximum atomic E-state index is 14.1. The number of rotatable bonds is 20. The number of benzene rings is 12. The van der Waals surface area contributed by atoms with Crippen molar-refractivity contribution in [3.8, 4) is 56.4 Å². The number of aryl methyl sites for hydroxylation is 2. The SMILES string of the molecule is CCc1ccc(Cc2ccc(C(=O)c3ccc(Oc4ccc(C5(c6ccc(Oc7ccc(C(=O)c8ccc(C)cc8)cc7)c(-c7ccccc7)c6)c6ccccc6-c6ccccc65)cc4-c4ccccc4)cc3)cc2)cc1C(=O)c1cccc(SOOO)c1. The van der Waals surface area contributed by atoms with Gasteiger partial charge in [0.1, 0.15) is 23.0 Å². The maximum absolute atomic E-state index is 14.1. The smallest absolute Gasteiger partial charge is 0.193 e. The third-order valence-electron chi connectivity index (χ3n) is 16.6. The molecule has 0 aromatic heterocycles. The fraction of sp³-hybridized carbons (Fsp3) is 0.0625. The van der Waals surface area contributed by atoms with Crippen molar-refractivity contribution in [2.24, 2.45) is 0 Å². The van der Waals surface area contributed by atoms with Gasteiger partial charge in [0.2, 0.25) is 0 Å². The quantitative estimate of drug-likeness (QED) is 0.0345. The summed E-state index contributed by atoms with van der Waals surface area (Å²) in [5, 5.41) is 12.4. The van der Waals surface area contributed by atoms with Crippen LogP contribution in [0.1, 0.15) is 99.2 Å². The van der Waals surface area contributed by atoms with Crippen molar-refractivity contribution in [3.05, 3.63) is 363 Å². The standard InChI is InChI=1S/C80H58O8S/c1-3-55-32-29-54(48-72(55)79(83)62-19-14-20-67(49-62)89-88-87-84)47-53-27-33-59(34-28-53)78(82)61-37-43-66(44-38-61)86-76-46-40-64(51-71(76)57-17-8-5-9-18-57)80(73-23-12-10-21-68(73)69-22-11-13-24-74(69)80)63-39-45-75(70(50-63)56-15-6-4-7-16-56)85-65-41-35-60(36-42-65)77(81)58-30-25-52(2)26-31-58/h4-46,48-51,84H,3,47H2,1-2H3. The largest absolute Gasteiger partial charge is 0.457 e. The molecule has 0 atom stereocenters. The van der Waals surface area contributed by atoms with Crippen LogP contribution in [0.4, 0.5) is 0 Å². The number of fused-ring (bicyclic) bond motifs is 3. The highest BCUT2D eigenvalue weighted by molar-refractivity contribution is 7.94. The normalized spacial score (nSPS) is 12.0. The predicted octanol–water partition coefficient (Wildman–Crippen LogP) is 19.6. The van der Waals surface area contributed by atoms with Crippen LogP contribution in [0.15, 0.2) is 290 Å². The summed E-state index contributed by atoms with van der Waals surface area (Å²) < 4.78 is 18.2. The zero-order valence-electron chi connectivity index (χ0n) is 48.8. The Balaban J connectivity index is 0.800. The van der Waals surface area contributed by atoms with Crippen LogP contribution < -0.4 is 9.47 Å². The molecule has 0 amide bonds. The first-order chi connectivity index (χ1) is 43.6. The molecule has 89 heavy (non-hydrogen) atoms. The van der Waals surface area contributed by atoms with Crippen molar-refractivity contribution in [3.63, 3.8) is 0 Å². The monoisotopic (exact) mass is 1180 g/mol. The molecule has 0 spiro atoms. The Morgan fingerprint density at radius 3 is 1.39 bits per heavy atom. The number of carbonyl (C=O) groups is 3. The lowest BCUT2D eigenvalue weighted by molar-refractivity contribution is -0.432. The second-order valence-electron chi connectivity index (χ2n) is 22.1. The molecule has 1 aliphatic carbocycles. The van der Waals surface area contributed by atoms with Crippen LogP contribution >= 0.6 is 12.0 Å². The van der Waals surface area contributed by atoms with E-state index in [2.05, 4.69) is 119 Å². The van der Waals surface area contributed by atoms with Gasteiger partial charge in [-0.15, -0.1) is 4.33 Å². The number of carbonyl (C=O) groups excluding carboxylic acids is 3. The van der Waals surface area contributed by atoms with Crippen LogP contribution in [-0.4, -0.2) is 22.6 Å². The van der Waals surface area contributed by atoms with Crippen molar-refractivity contribution in [1.82, 2.24) is 0 Å². The van der Waals surface area contributed by atoms with Crippen LogP contribution in [0, 0.1) is 6.92 Å². The molecule has 9 heteroatoms. The van der Waals surface area contributed by atoms with Crippen LogP contribution in [0.25, 0.3) is 33.4 Å². The molecule has 12 aromatic carbocycles. The first-order valence-corrected chi connectivity index (χ1v) is 30.2. The molecule has 1 N–H and O–H groups in total. The Morgan fingerprint density at radius 2 is 0.888 bits per heavy atom. The molecule has 1 aliphatic rings. The van der Waals surface area contributed by atoms with Crippen molar-refractivity contribution < 1.29 is 38.5 Å². The molecule has 432 valence electrons. The minimum Gasteiger partial charge on any atom is -0.457 e. The van der Waals surface area contributed by atoms with Gasteiger partial charge in [-0.25, -0.2) is 5.26 Å². The Morgan fingerprint density at radius 1 is 0.416 bits per heavy atom. The lowest BCUT2D eigenvalue weighted by Gasteiger charge is -2.35. The van der Waals surface area contributed by atoms with Crippen molar-refractivity contribution in [2.45, 2.75) is 37.0 Å². The average Bonchev–Trinajstić information content (AvgIpc) is 1.58.